The lowest BCUT2D eigenvalue weighted by Gasteiger charge is -2.10. The summed E-state index contributed by atoms with van der Waals surface area (Å²) in [4.78, 5) is 12.8. The van der Waals surface area contributed by atoms with E-state index < -0.39 is 0 Å². The molecule has 158 valence electrons. The number of phenols is 2. The van der Waals surface area contributed by atoms with Gasteiger partial charge in [0.05, 0.1) is 12.7 Å². The molecule has 0 aromatic heterocycles. The molecular formula is C26H30O4. The highest BCUT2D eigenvalue weighted by atomic mass is 16.5. The molecule has 2 aromatic rings. The topological polar surface area (TPSA) is 66.8 Å². The minimum absolute atomic E-state index is 0.104. The van der Waals surface area contributed by atoms with Crippen LogP contribution in [-0.4, -0.2) is 23.1 Å². The number of aromatic hydroxyl groups is 2. The first-order chi connectivity index (χ1) is 14.2. The van der Waals surface area contributed by atoms with Gasteiger partial charge in [-0.3, -0.25) is 4.79 Å². The summed E-state index contributed by atoms with van der Waals surface area (Å²) in [5.41, 5.74) is 5.00. The van der Waals surface area contributed by atoms with Crippen LogP contribution in [0.5, 0.6) is 17.2 Å². The van der Waals surface area contributed by atoms with Crippen molar-refractivity contribution in [2.75, 3.05) is 7.11 Å². The van der Waals surface area contributed by atoms with Gasteiger partial charge in [-0.15, -0.1) is 0 Å². The van der Waals surface area contributed by atoms with Gasteiger partial charge >= 0.3 is 0 Å². The summed E-state index contributed by atoms with van der Waals surface area (Å²) in [7, 11) is 1.47. The quantitative estimate of drug-likeness (QED) is 0.320. The molecule has 2 N–H and O–H groups in total. The van der Waals surface area contributed by atoms with Crippen molar-refractivity contribution in [1.29, 1.82) is 0 Å². The molecule has 0 atom stereocenters. The monoisotopic (exact) mass is 406 g/mol. The maximum Gasteiger partial charge on any atom is 0.189 e. The Morgan fingerprint density at radius 2 is 1.50 bits per heavy atom. The number of hydrogen-bond donors (Lipinski definition) is 2. The van der Waals surface area contributed by atoms with Gasteiger partial charge in [0.25, 0.3) is 0 Å². The van der Waals surface area contributed by atoms with Crippen molar-refractivity contribution in [3.63, 3.8) is 0 Å². The molecule has 4 heteroatoms. The fourth-order valence-electron chi connectivity index (χ4n) is 2.90. The van der Waals surface area contributed by atoms with Crippen LogP contribution in [0.1, 0.15) is 54.7 Å². The first kappa shape index (κ1) is 23.0. The van der Waals surface area contributed by atoms with Gasteiger partial charge in [0, 0.05) is 6.07 Å². The molecule has 0 aliphatic rings. The fraction of sp³-hybridized carbons (Fsp3) is 0.269. The van der Waals surface area contributed by atoms with Crippen molar-refractivity contribution in [2.24, 2.45) is 0 Å². The van der Waals surface area contributed by atoms with Gasteiger partial charge in [-0.1, -0.05) is 35.4 Å². The summed E-state index contributed by atoms with van der Waals surface area (Å²) in [6.45, 7) is 7.99. The van der Waals surface area contributed by atoms with Crippen LogP contribution in [0, 0.1) is 0 Å². The average molecular weight is 407 g/mol. The summed E-state index contributed by atoms with van der Waals surface area (Å²) in [5, 5.41) is 20.3. The Kier molecular flexibility index (Phi) is 8.05. The van der Waals surface area contributed by atoms with Crippen LogP contribution in [0.15, 0.2) is 59.7 Å². The maximum atomic E-state index is 12.8. The van der Waals surface area contributed by atoms with Gasteiger partial charge < -0.3 is 14.9 Å². The van der Waals surface area contributed by atoms with Gasteiger partial charge in [0.15, 0.2) is 5.78 Å². The molecule has 0 unspecified atom stereocenters. The van der Waals surface area contributed by atoms with E-state index in [2.05, 4.69) is 0 Å². The Labute approximate surface area is 178 Å². The SMILES string of the molecule is COc1cc(O)c(CC=C(C)C)cc1C(=O)C=Cc1ccc(O)c(CC=C(C)C)c1. The van der Waals surface area contributed by atoms with Crippen molar-refractivity contribution in [3.05, 3.63) is 82.0 Å². The number of ketones is 1. The zero-order valence-corrected chi connectivity index (χ0v) is 18.3. The Morgan fingerprint density at radius 1 is 0.900 bits per heavy atom. The molecule has 0 saturated heterocycles. The van der Waals surface area contributed by atoms with Crippen molar-refractivity contribution in [2.45, 2.75) is 40.5 Å². The number of rotatable bonds is 8. The molecule has 0 heterocycles. The van der Waals surface area contributed by atoms with Crippen molar-refractivity contribution in [3.8, 4) is 17.2 Å². The molecule has 0 spiro atoms. The normalized spacial score (nSPS) is 10.7. The molecule has 0 aliphatic carbocycles. The van der Waals surface area contributed by atoms with Crippen LogP contribution < -0.4 is 4.74 Å². The second-order valence-electron chi connectivity index (χ2n) is 7.74. The molecule has 0 fully saturated rings. The van der Waals surface area contributed by atoms with Crippen molar-refractivity contribution >= 4 is 11.9 Å². The Balaban J connectivity index is 2.31. The number of allylic oxidation sites excluding steroid dienone is 5. The number of ether oxygens (including phenoxy) is 1. The number of benzene rings is 2. The summed E-state index contributed by atoms with van der Waals surface area (Å²) in [5.74, 6) is 0.453. The lowest BCUT2D eigenvalue weighted by molar-refractivity contribution is 0.104. The van der Waals surface area contributed by atoms with Crippen molar-refractivity contribution < 1.29 is 19.7 Å². The lowest BCUT2D eigenvalue weighted by Crippen LogP contribution is -2.01. The summed E-state index contributed by atoms with van der Waals surface area (Å²) in [6.07, 6.45) is 8.41. The van der Waals surface area contributed by atoms with E-state index in [0.717, 1.165) is 16.7 Å². The van der Waals surface area contributed by atoms with Gasteiger partial charge in [-0.05, 0) is 81.5 Å². The third-order valence-corrected chi connectivity index (χ3v) is 4.66. The van der Waals surface area contributed by atoms with Crippen LogP contribution in [0.4, 0.5) is 0 Å². The van der Waals surface area contributed by atoms with Gasteiger partial charge in [0.2, 0.25) is 0 Å². The summed E-state index contributed by atoms with van der Waals surface area (Å²) < 4.78 is 5.30. The molecule has 4 nitrogen and oxygen atoms in total. The van der Waals surface area contributed by atoms with Crippen LogP contribution in [0.2, 0.25) is 0 Å². The molecular weight excluding hydrogens is 376 g/mol. The van der Waals surface area contributed by atoms with Gasteiger partial charge in [-0.25, -0.2) is 0 Å². The zero-order chi connectivity index (χ0) is 22.3. The van der Waals surface area contributed by atoms with Crippen LogP contribution >= 0.6 is 0 Å². The number of phenolic OH excluding ortho intramolecular Hbond substituents is 2. The predicted molar refractivity (Wildman–Crippen MR) is 122 cm³/mol. The van der Waals surface area contributed by atoms with Crippen LogP contribution in [0.25, 0.3) is 6.08 Å². The molecule has 30 heavy (non-hydrogen) atoms. The molecule has 2 rings (SSSR count). The number of methoxy groups -OCH3 is 1. The van der Waals surface area contributed by atoms with E-state index in [0.29, 0.717) is 29.7 Å². The van der Waals surface area contributed by atoms with Crippen molar-refractivity contribution in [1.82, 2.24) is 0 Å². The Morgan fingerprint density at radius 3 is 2.07 bits per heavy atom. The van der Waals surface area contributed by atoms with Gasteiger partial charge in [0.1, 0.15) is 17.2 Å². The van der Waals surface area contributed by atoms with E-state index in [-0.39, 0.29) is 17.3 Å². The average Bonchev–Trinajstić information content (AvgIpc) is 2.70. The van der Waals surface area contributed by atoms with Crippen LogP contribution in [0.3, 0.4) is 0 Å². The third kappa shape index (κ3) is 6.38. The second-order valence-corrected chi connectivity index (χ2v) is 7.74. The van der Waals surface area contributed by atoms with E-state index in [4.69, 9.17) is 4.74 Å². The lowest BCUT2D eigenvalue weighted by atomic mass is 10.0. The molecule has 0 saturated carbocycles. The number of hydrogen-bond acceptors (Lipinski definition) is 4. The van der Waals surface area contributed by atoms with E-state index in [1.807, 2.05) is 45.9 Å². The third-order valence-electron chi connectivity index (χ3n) is 4.66. The van der Waals surface area contributed by atoms with E-state index in [1.165, 1.54) is 24.8 Å². The zero-order valence-electron chi connectivity index (χ0n) is 18.3. The molecule has 0 bridgehead atoms. The second kappa shape index (κ2) is 10.5. The molecule has 0 aliphatic heterocycles. The molecule has 2 aromatic carbocycles. The van der Waals surface area contributed by atoms with Gasteiger partial charge in [-0.2, -0.15) is 0 Å². The predicted octanol–water partition coefficient (Wildman–Crippen LogP) is 6.02. The molecule has 0 radical (unpaired) electrons. The van der Waals surface area contributed by atoms with E-state index >= 15 is 0 Å². The minimum atomic E-state index is -0.218. The first-order valence-corrected chi connectivity index (χ1v) is 9.92. The van der Waals surface area contributed by atoms with Crippen LogP contribution in [-0.2, 0) is 12.8 Å². The maximum absolute atomic E-state index is 12.8. The number of carbonyl (C=O) groups is 1. The minimum Gasteiger partial charge on any atom is -0.508 e. The Hall–Kier alpha value is -3.27. The summed E-state index contributed by atoms with van der Waals surface area (Å²) >= 11 is 0. The first-order valence-electron chi connectivity index (χ1n) is 9.92. The highest BCUT2D eigenvalue weighted by Gasteiger charge is 2.14. The molecule has 0 amide bonds. The standard InChI is InChI=1S/C26H30O4/c1-17(2)6-10-20-14-19(8-12-23(20)27)9-13-24(28)22-15-21(11-7-18(3)4)25(29)16-26(22)30-5/h6-9,12-16,27,29H,10-11H2,1-5H3. The smallest absolute Gasteiger partial charge is 0.189 e. The Bertz CT molecular complexity index is 1000. The largest absolute Gasteiger partial charge is 0.508 e. The highest BCUT2D eigenvalue weighted by molar-refractivity contribution is 6.09. The summed E-state index contributed by atoms with van der Waals surface area (Å²) in [6, 6.07) is 8.42. The number of carbonyl (C=O) groups excluding carboxylic acids is 1. The van der Waals surface area contributed by atoms with E-state index in [1.54, 1.807) is 24.3 Å². The fourth-order valence-corrected chi connectivity index (χ4v) is 2.90. The van der Waals surface area contributed by atoms with E-state index in [9.17, 15) is 15.0 Å². The highest BCUT2D eigenvalue weighted by Crippen LogP contribution is 2.30.